The SMILES string of the molecule is Cc1ccc(-n2c(CCl)nc3ccccc32)c(C)c1. The number of hydrogen-bond donors (Lipinski definition) is 0. The van der Waals surface area contributed by atoms with Gasteiger partial charge in [-0.1, -0.05) is 29.8 Å². The number of imidazole rings is 1. The van der Waals surface area contributed by atoms with Gasteiger partial charge in [-0.15, -0.1) is 11.6 Å². The highest BCUT2D eigenvalue weighted by molar-refractivity contribution is 6.17. The van der Waals surface area contributed by atoms with Crippen molar-refractivity contribution in [2.45, 2.75) is 19.7 Å². The van der Waals surface area contributed by atoms with E-state index in [0.29, 0.717) is 5.88 Å². The first kappa shape index (κ1) is 12.2. The first-order valence-corrected chi connectivity index (χ1v) is 6.84. The second-order valence-corrected chi connectivity index (χ2v) is 5.04. The van der Waals surface area contributed by atoms with Gasteiger partial charge in [-0.05, 0) is 37.6 Å². The lowest BCUT2D eigenvalue weighted by molar-refractivity contribution is 0.971. The molecule has 0 aliphatic rings. The first-order chi connectivity index (χ1) is 9.20. The summed E-state index contributed by atoms with van der Waals surface area (Å²) < 4.78 is 2.15. The van der Waals surface area contributed by atoms with Crippen LogP contribution in [0.3, 0.4) is 0 Å². The number of nitrogens with zero attached hydrogens (tertiary/aromatic N) is 2. The maximum atomic E-state index is 6.05. The highest BCUT2D eigenvalue weighted by Gasteiger charge is 2.12. The van der Waals surface area contributed by atoms with Crippen LogP contribution in [0.2, 0.25) is 0 Å². The van der Waals surface area contributed by atoms with E-state index in [2.05, 4.69) is 47.7 Å². The molecule has 0 atom stereocenters. The molecule has 96 valence electrons. The van der Waals surface area contributed by atoms with Crippen LogP contribution in [-0.2, 0) is 5.88 Å². The summed E-state index contributed by atoms with van der Waals surface area (Å²) >= 11 is 6.05. The van der Waals surface area contributed by atoms with Crippen LogP contribution in [0.4, 0.5) is 0 Å². The highest BCUT2D eigenvalue weighted by atomic mass is 35.5. The Morgan fingerprint density at radius 2 is 1.89 bits per heavy atom. The van der Waals surface area contributed by atoms with Crippen molar-refractivity contribution in [2.24, 2.45) is 0 Å². The third kappa shape index (κ3) is 2.02. The van der Waals surface area contributed by atoms with Crippen LogP contribution in [0.15, 0.2) is 42.5 Å². The van der Waals surface area contributed by atoms with Crippen LogP contribution in [0.5, 0.6) is 0 Å². The maximum Gasteiger partial charge on any atom is 0.129 e. The Bertz CT molecular complexity index is 744. The third-order valence-corrected chi connectivity index (χ3v) is 3.58. The molecule has 0 bridgehead atoms. The van der Waals surface area contributed by atoms with E-state index in [-0.39, 0.29) is 0 Å². The molecule has 2 aromatic carbocycles. The second-order valence-electron chi connectivity index (χ2n) is 4.78. The lowest BCUT2D eigenvalue weighted by Crippen LogP contribution is -2.01. The van der Waals surface area contributed by atoms with E-state index in [1.807, 2.05) is 18.2 Å². The fourth-order valence-corrected chi connectivity index (χ4v) is 2.67. The Morgan fingerprint density at radius 1 is 1.11 bits per heavy atom. The number of alkyl halides is 1. The zero-order chi connectivity index (χ0) is 13.4. The van der Waals surface area contributed by atoms with Crippen LogP contribution in [0.25, 0.3) is 16.7 Å². The van der Waals surface area contributed by atoms with Gasteiger partial charge in [0.2, 0.25) is 0 Å². The van der Waals surface area contributed by atoms with Crippen LogP contribution in [-0.4, -0.2) is 9.55 Å². The summed E-state index contributed by atoms with van der Waals surface area (Å²) in [6.07, 6.45) is 0. The topological polar surface area (TPSA) is 17.8 Å². The molecule has 3 aromatic rings. The molecular weight excluding hydrogens is 256 g/mol. The highest BCUT2D eigenvalue weighted by Crippen LogP contribution is 2.25. The smallest absolute Gasteiger partial charge is 0.129 e. The minimum absolute atomic E-state index is 0.405. The number of hydrogen-bond acceptors (Lipinski definition) is 1. The molecule has 1 aromatic heterocycles. The van der Waals surface area contributed by atoms with Gasteiger partial charge in [0.25, 0.3) is 0 Å². The van der Waals surface area contributed by atoms with Crippen LogP contribution >= 0.6 is 11.6 Å². The van der Waals surface area contributed by atoms with Crippen LogP contribution in [0.1, 0.15) is 17.0 Å². The van der Waals surface area contributed by atoms with Crippen LogP contribution < -0.4 is 0 Å². The number of benzene rings is 2. The zero-order valence-corrected chi connectivity index (χ0v) is 11.8. The van der Waals surface area contributed by atoms with Crippen molar-refractivity contribution in [1.29, 1.82) is 0 Å². The molecule has 3 heteroatoms. The van der Waals surface area contributed by atoms with E-state index < -0.39 is 0 Å². The van der Waals surface area contributed by atoms with Crippen molar-refractivity contribution in [3.05, 3.63) is 59.4 Å². The number of aryl methyl sites for hydroxylation is 2. The van der Waals surface area contributed by atoms with Gasteiger partial charge in [0.15, 0.2) is 0 Å². The summed E-state index contributed by atoms with van der Waals surface area (Å²) in [6, 6.07) is 14.6. The monoisotopic (exact) mass is 270 g/mol. The maximum absolute atomic E-state index is 6.05. The normalized spacial score (nSPS) is 11.1. The number of rotatable bonds is 2. The molecule has 0 amide bonds. The Kier molecular flexibility index (Phi) is 3.03. The van der Waals surface area contributed by atoms with Gasteiger partial charge in [-0.2, -0.15) is 0 Å². The lowest BCUT2D eigenvalue weighted by atomic mass is 10.1. The number of fused-ring (bicyclic) bond motifs is 1. The molecule has 0 saturated carbocycles. The molecule has 0 aliphatic heterocycles. The first-order valence-electron chi connectivity index (χ1n) is 6.30. The predicted octanol–water partition coefficient (Wildman–Crippen LogP) is 4.38. The van der Waals surface area contributed by atoms with Crippen molar-refractivity contribution in [3.63, 3.8) is 0 Å². The van der Waals surface area contributed by atoms with E-state index in [9.17, 15) is 0 Å². The van der Waals surface area contributed by atoms with Crippen molar-refractivity contribution in [2.75, 3.05) is 0 Å². The lowest BCUT2D eigenvalue weighted by Gasteiger charge is -2.11. The standard InChI is InChI=1S/C16H15ClN2/c1-11-7-8-14(12(2)9-11)19-15-6-4-3-5-13(15)18-16(19)10-17/h3-9H,10H2,1-2H3. The van der Waals surface area contributed by atoms with Crippen molar-refractivity contribution >= 4 is 22.6 Å². The minimum Gasteiger partial charge on any atom is -0.295 e. The molecule has 1 heterocycles. The summed E-state index contributed by atoms with van der Waals surface area (Å²) in [6.45, 7) is 4.22. The summed E-state index contributed by atoms with van der Waals surface area (Å²) in [4.78, 5) is 4.60. The van der Waals surface area contributed by atoms with Gasteiger partial charge in [0.1, 0.15) is 5.82 Å². The number of aromatic nitrogens is 2. The van der Waals surface area contributed by atoms with Gasteiger partial charge >= 0.3 is 0 Å². The van der Waals surface area contributed by atoms with Crippen molar-refractivity contribution in [3.8, 4) is 5.69 Å². The molecule has 19 heavy (non-hydrogen) atoms. The van der Waals surface area contributed by atoms with E-state index in [4.69, 9.17) is 11.6 Å². The predicted molar refractivity (Wildman–Crippen MR) is 80.1 cm³/mol. The van der Waals surface area contributed by atoms with Gasteiger partial charge in [-0.25, -0.2) is 4.98 Å². The Labute approximate surface area is 117 Å². The van der Waals surface area contributed by atoms with Crippen molar-refractivity contribution in [1.82, 2.24) is 9.55 Å². The van der Waals surface area contributed by atoms with Crippen LogP contribution in [0, 0.1) is 13.8 Å². The molecule has 0 fully saturated rings. The Balaban J connectivity index is 2.34. The van der Waals surface area contributed by atoms with Gasteiger partial charge in [0, 0.05) is 0 Å². The largest absolute Gasteiger partial charge is 0.295 e. The third-order valence-electron chi connectivity index (χ3n) is 3.34. The second kappa shape index (κ2) is 4.71. The Morgan fingerprint density at radius 3 is 2.63 bits per heavy atom. The zero-order valence-electron chi connectivity index (χ0n) is 11.0. The summed E-state index contributed by atoms with van der Waals surface area (Å²) in [5.74, 6) is 1.29. The minimum atomic E-state index is 0.405. The van der Waals surface area contributed by atoms with E-state index in [1.165, 1.54) is 11.1 Å². The summed E-state index contributed by atoms with van der Waals surface area (Å²) in [5, 5.41) is 0. The molecule has 0 aliphatic carbocycles. The number of halogens is 1. The summed E-state index contributed by atoms with van der Waals surface area (Å²) in [5.41, 5.74) is 5.73. The van der Waals surface area contributed by atoms with E-state index >= 15 is 0 Å². The molecular formula is C16H15ClN2. The molecule has 0 N–H and O–H groups in total. The average Bonchev–Trinajstić information content (AvgIpc) is 2.77. The molecule has 0 unspecified atom stereocenters. The van der Waals surface area contributed by atoms with Gasteiger partial charge in [0.05, 0.1) is 22.6 Å². The van der Waals surface area contributed by atoms with Gasteiger partial charge in [-0.3, -0.25) is 4.57 Å². The quantitative estimate of drug-likeness (QED) is 0.632. The molecule has 0 saturated heterocycles. The molecule has 2 nitrogen and oxygen atoms in total. The molecule has 0 radical (unpaired) electrons. The number of para-hydroxylation sites is 2. The van der Waals surface area contributed by atoms with Crippen molar-refractivity contribution < 1.29 is 0 Å². The molecule has 3 rings (SSSR count). The van der Waals surface area contributed by atoms with E-state index in [1.54, 1.807) is 0 Å². The fourth-order valence-electron chi connectivity index (χ4n) is 2.49. The van der Waals surface area contributed by atoms with Gasteiger partial charge < -0.3 is 0 Å². The average molecular weight is 271 g/mol. The summed E-state index contributed by atoms with van der Waals surface area (Å²) in [7, 11) is 0. The van der Waals surface area contributed by atoms with E-state index in [0.717, 1.165) is 22.5 Å². The fraction of sp³-hybridized carbons (Fsp3) is 0.188. The Hall–Kier alpha value is -1.80. The molecule has 0 spiro atoms.